The first-order valence-electron chi connectivity index (χ1n) is 7.44. The summed E-state index contributed by atoms with van der Waals surface area (Å²) in [5, 5.41) is 3.66. The summed E-state index contributed by atoms with van der Waals surface area (Å²) in [6, 6.07) is 17.3. The molecule has 1 aliphatic rings. The van der Waals surface area contributed by atoms with Crippen LogP contribution >= 0.6 is 15.9 Å². The Bertz CT molecular complexity index is 596. The average molecular weight is 346 g/mol. The number of fused-ring (bicyclic) bond motifs is 1. The van der Waals surface area contributed by atoms with Gasteiger partial charge in [0.1, 0.15) is 5.75 Å². The first kappa shape index (κ1) is 14.6. The van der Waals surface area contributed by atoms with E-state index in [0.717, 1.165) is 29.8 Å². The van der Waals surface area contributed by atoms with E-state index >= 15 is 0 Å². The van der Waals surface area contributed by atoms with E-state index in [-0.39, 0.29) is 0 Å². The molecule has 0 saturated heterocycles. The third kappa shape index (κ3) is 3.47. The Kier molecular flexibility index (Phi) is 4.61. The summed E-state index contributed by atoms with van der Waals surface area (Å²) in [6.45, 7) is 4.02. The van der Waals surface area contributed by atoms with Gasteiger partial charge in [-0.1, -0.05) is 46.3 Å². The minimum Gasteiger partial charge on any atom is -0.493 e. The van der Waals surface area contributed by atoms with Crippen LogP contribution in [0.2, 0.25) is 0 Å². The van der Waals surface area contributed by atoms with Crippen LogP contribution in [0.5, 0.6) is 5.75 Å². The third-order valence-electron chi connectivity index (χ3n) is 4.12. The maximum Gasteiger partial charge on any atom is 0.122 e. The molecule has 2 nitrogen and oxygen atoms in total. The van der Waals surface area contributed by atoms with Crippen LogP contribution in [0.25, 0.3) is 0 Å². The van der Waals surface area contributed by atoms with E-state index in [1.165, 1.54) is 11.1 Å². The van der Waals surface area contributed by atoms with E-state index in [1.807, 2.05) is 6.07 Å². The number of halogens is 1. The van der Waals surface area contributed by atoms with Gasteiger partial charge in [-0.2, -0.15) is 0 Å². The Morgan fingerprint density at radius 2 is 1.95 bits per heavy atom. The Balaban J connectivity index is 1.64. The van der Waals surface area contributed by atoms with E-state index < -0.39 is 0 Å². The van der Waals surface area contributed by atoms with Gasteiger partial charge in [-0.3, -0.25) is 0 Å². The molecule has 2 unspecified atom stereocenters. The lowest BCUT2D eigenvalue weighted by Crippen LogP contribution is -2.28. The molecule has 1 N–H and O–H groups in total. The van der Waals surface area contributed by atoms with Crippen molar-refractivity contribution in [2.24, 2.45) is 0 Å². The van der Waals surface area contributed by atoms with Gasteiger partial charge >= 0.3 is 0 Å². The number of hydrogen-bond donors (Lipinski definition) is 1. The maximum atomic E-state index is 5.73. The van der Waals surface area contributed by atoms with Gasteiger partial charge in [0.25, 0.3) is 0 Å². The van der Waals surface area contributed by atoms with Crippen LogP contribution in [-0.2, 0) is 0 Å². The monoisotopic (exact) mass is 345 g/mol. The summed E-state index contributed by atoms with van der Waals surface area (Å²) in [4.78, 5) is 0. The lowest BCUT2D eigenvalue weighted by atomic mass is 9.92. The molecule has 0 amide bonds. The number of para-hydroxylation sites is 1. The van der Waals surface area contributed by atoms with Crippen LogP contribution in [0.15, 0.2) is 53.0 Å². The molecule has 0 bridgehead atoms. The molecule has 2 atom stereocenters. The topological polar surface area (TPSA) is 21.3 Å². The van der Waals surface area contributed by atoms with Crippen LogP contribution in [0, 0.1) is 0 Å². The van der Waals surface area contributed by atoms with Gasteiger partial charge in [-0.15, -0.1) is 0 Å². The predicted octanol–water partition coefficient (Wildman–Crippen LogP) is 4.67. The van der Waals surface area contributed by atoms with Crippen molar-refractivity contribution in [3.63, 3.8) is 0 Å². The molecule has 2 aromatic rings. The second kappa shape index (κ2) is 6.63. The van der Waals surface area contributed by atoms with Crippen LogP contribution < -0.4 is 10.1 Å². The molecule has 110 valence electrons. The molecular formula is C18H20BrNO. The number of nitrogens with one attached hydrogen (secondary N) is 1. The lowest BCUT2D eigenvalue weighted by Gasteiger charge is -2.27. The van der Waals surface area contributed by atoms with Gasteiger partial charge in [-0.25, -0.2) is 0 Å². The first-order chi connectivity index (χ1) is 10.2. The highest BCUT2D eigenvalue weighted by Gasteiger charge is 2.21. The molecule has 3 heteroatoms. The summed E-state index contributed by atoms with van der Waals surface area (Å²) >= 11 is 3.48. The lowest BCUT2D eigenvalue weighted by molar-refractivity contribution is 0.263. The normalized spacial score (nSPS) is 18.7. The highest BCUT2D eigenvalue weighted by molar-refractivity contribution is 9.10. The first-order valence-corrected chi connectivity index (χ1v) is 8.24. The average Bonchev–Trinajstić information content (AvgIpc) is 2.53. The molecule has 1 heterocycles. The van der Waals surface area contributed by atoms with Crippen molar-refractivity contribution in [2.45, 2.75) is 25.3 Å². The van der Waals surface area contributed by atoms with Crippen LogP contribution in [-0.4, -0.2) is 13.2 Å². The van der Waals surface area contributed by atoms with Crippen molar-refractivity contribution >= 4 is 15.9 Å². The maximum absolute atomic E-state index is 5.73. The fourth-order valence-corrected chi connectivity index (χ4v) is 3.08. The number of hydrogen-bond acceptors (Lipinski definition) is 2. The Hall–Kier alpha value is -1.32. The zero-order valence-electron chi connectivity index (χ0n) is 12.2. The zero-order chi connectivity index (χ0) is 14.7. The largest absolute Gasteiger partial charge is 0.493 e. The predicted molar refractivity (Wildman–Crippen MR) is 89.9 cm³/mol. The summed E-state index contributed by atoms with van der Waals surface area (Å²) in [7, 11) is 0. The van der Waals surface area contributed by atoms with Gasteiger partial charge in [0.05, 0.1) is 6.61 Å². The number of ether oxygens (including phenoxy) is 1. The standard InChI is InChI=1S/C18H20BrNO/c1-13(14-6-8-16(19)9-7-14)20-12-15-10-11-21-18-5-3-2-4-17(15)18/h2-9,13,15,20H,10-12H2,1H3. The second-order valence-corrected chi connectivity index (χ2v) is 6.47. The minimum atomic E-state index is 0.355. The highest BCUT2D eigenvalue weighted by Crippen LogP contribution is 2.33. The summed E-state index contributed by atoms with van der Waals surface area (Å²) < 4.78 is 6.85. The summed E-state index contributed by atoms with van der Waals surface area (Å²) in [6.07, 6.45) is 1.08. The fourth-order valence-electron chi connectivity index (χ4n) is 2.82. The van der Waals surface area contributed by atoms with Crippen molar-refractivity contribution in [1.29, 1.82) is 0 Å². The van der Waals surface area contributed by atoms with Gasteiger partial charge in [0.2, 0.25) is 0 Å². The molecule has 3 rings (SSSR count). The quantitative estimate of drug-likeness (QED) is 0.869. The third-order valence-corrected chi connectivity index (χ3v) is 4.65. The smallest absolute Gasteiger partial charge is 0.122 e. The molecule has 0 fully saturated rings. The zero-order valence-corrected chi connectivity index (χ0v) is 13.8. The molecule has 0 radical (unpaired) electrons. The molecule has 0 saturated carbocycles. The Labute approximate surface area is 134 Å². The SMILES string of the molecule is CC(NCC1CCOc2ccccc21)c1ccc(Br)cc1. The number of rotatable bonds is 4. The number of benzene rings is 2. The van der Waals surface area contributed by atoms with Crippen molar-refractivity contribution < 1.29 is 4.74 Å². The van der Waals surface area contributed by atoms with Crippen molar-refractivity contribution in [3.8, 4) is 5.75 Å². The highest BCUT2D eigenvalue weighted by atomic mass is 79.9. The minimum absolute atomic E-state index is 0.355. The molecule has 0 aliphatic carbocycles. The summed E-state index contributed by atoms with van der Waals surface area (Å²) in [5.74, 6) is 1.58. The van der Waals surface area contributed by atoms with Gasteiger partial charge < -0.3 is 10.1 Å². The van der Waals surface area contributed by atoms with Crippen molar-refractivity contribution in [2.75, 3.05) is 13.2 Å². The molecule has 1 aliphatic heterocycles. The van der Waals surface area contributed by atoms with Crippen molar-refractivity contribution in [1.82, 2.24) is 5.32 Å². The van der Waals surface area contributed by atoms with Gasteiger partial charge in [0, 0.05) is 23.0 Å². The molecule has 2 aromatic carbocycles. The molecule has 21 heavy (non-hydrogen) atoms. The van der Waals surface area contributed by atoms with E-state index in [1.54, 1.807) is 0 Å². The van der Waals surface area contributed by atoms with E-state index in [4.69, 9.17) is 4.74 Å². The van der Waals surface area contributed by atoms with E-state index in [9.17, 15) is 0 Å². The summed E-state index contributed by atoms with van der Waals surface area (Å²) in [5.41, 5.74) is 2.65. The van der Waals surface area contributed by atoms with E-state index in [0.29, 0.717) is 12.0 Å². The van der Waals surface area contributed by atoms with Crippen LogP contribution in [0.3, 0.4) is 0 Å². The molecule has 0 aromatic heterocycles. The fraction of sp³-hybridized carbons (Fsp3) is 0.333. The Morgan fingerprint density at radius 1 is 1.19 bits per heavy atom. The van der Waals surface area contributed by atoms with Crippen LogP contribution in [0.4, 0.5) is 0 Å². The van der Waals surface area contributed by atoms with E-state index in [2.05, 4.69) is 70.6 Å². The van der Waals surface area contributed by atoms with Gasteiger partial charge in [0.15, 0.2) is 0 Å². The molecule has 0 spiro atoms. The molecular weight excluding hydrogens is 326 g/mol. The van der Waals surface area contributed by atoms with Crippen LogP contribution in [0.1, 0.15) is 36.4 Å². The van der Waals surface area contributed by atoms with Gasteiger partial charge in [-0.05, 0) is 42.7 Å². The Morgan fingerprint density at radius 3 is 2.76 bits per heavy atom. The second-order valence-electron chi connectivity index (χ2n) is 5.55. The van der Waals surface area contributed by atoms with Crippen molar-refractivity contribution in [3.05, 3.63) is 64.1 Å².